The van der Waals surface area contributed by atoms with E-state index < -0.39 is 5.82 Å². The lowest BCUT2D eigenvalue weighted by Crippen LogP contribution is -2.36. The fourth-order valence-electron chi connectivity index (χ4n) is 4.98. The van der Waals surface area contributed by atoms with E-state index in [2.05, 4.69) is 57.3 Å². The third-order valence-electron chi connectivity index (χ3n) is 6.53. The van der Waals surface area contributed by atoms with Crippen molar-refractivity contribution in [2.24, 2.45) is 0 Å². The van der Waals surface area contributed by atoms with Gasteiger partial charge < -0.3 is 10.2 Å². The number of fused-ring (bicyclic) bond motifs is 4. The lowest BCUT2D eigenvalue weighted by Gasteiger charge is -2.34. The molecule has 0 saturated carbocycles. The Morgan fingerprint density at radius 1 is 1.25 bits per heavy atom. The minimum Gasteiger partial charge on any atom is -0.362 e. The monoisotopic (exact) mass is 427 g/mol. The van der Waals surface area contributed by atoms with Crippen molar-refractivity contribution in [1.29, 1.82) is 5.26 Å². The largest absolute Gasteiger partial charge is 0.362 e. The van der Waals surface area contributed by atoms with Gasteiger partial charge in [0.15, 0.2) is 5.82 Å². The van der Waals surface area contributed by atoms with E-state index >= 15 is 0 Å². The molecule has 0 spiro atoms. The van der Waals surface area contributed by atoms with E-state index in [1.54, 1.807) is 6.07 Å². The summed E-state index contributed by atoms with van der Waals surface area (Å²) in [6.07, 6.45) is 4.44. The highest BCUT2D eigenvalue weighted by atomic mass is 19.1. The summed E-state index contributed by atoms with van der Waals surface area (Å²) < 4.78 is 18.1. The summed E-state index contributed by atoms with van der Waals surface area (Å²) in [6.45, 7) is 5.34. The van der Waals surface area contributed by atoms with Gasteiger partial charge in [0.2, 0.25) is 0 Å². The smallest absolute Gasteiger partial charge is 0.171 e. The van der Waals surface area contributed by atoms with Crippen molar-refractivity contribution in [1.82, 2.24) is 24.7 Å². The number of rotatable bonds is 2. The average Bonchev–Trinajstić information content (AvgIpc) is 3.40. The fourth-order valence-corrected chi connectivity index (χ4v) is 4.98. The first-order valence-electron chi connectivity index (χ1n) is 10.9. The second-order valence-electron chi connectivity index (χ2n) is 8.50. The molecule has 1 atom stereocenters. The normalized spacial score (nSPS) is 18.6. The Balaban J connectivity index is 1.43. The number of nitrogens with one attached hydrogen (secondary N) is 1. The Kier molecular flexibility index (Phi) is 4.26. The third kappa shape index (κ3) is 2.82. The second kappa shape index (κ2) is 7.18. The molecule has 0 bridgehead atoms. The molecular formula is C24H22FN7. The zero-order valence-electron chi connectivity index (χ0n) is 17.7. The zero-order chi connectivity index (χ0) is 21.8. The third-order valence-corrected chi connectivity index (χ3v) is 6.53. The minimum absolute atomic E-state index is 0.120. The molecule has 8 heteroatoms. The predicted molar refractivity (Wildman–Crippen MR) is 121 cm³/mol. The molecule has 6 rings (SSSR count). The Bertz CT molecular complexity index is 1440. The number of aromatic nitrogens is 4. The van der Waals surface area contributed by atoms with E-state index in [4.69, 9.17) is 5.10 Å². The molecule has 160 valence electrons. The summed E-state index contributed by atoms with van der Waals surface area (Å²) in [5.74, 6) is -0.423. The quantitative estimate of drug-likeness (QED) is 0.529. The first-order chi connectivity index (χ1) is 15.6. The van der Waals surface area contributed by atoms with Crippen LogP contribution in [0, 0.1) is 17.1 Å². The standard InChI is InChI=1S/C24H22FN7/c1-15-13-30(22-5-3-18(11-26)32-24(22)20(25)12-28-32)14-23-19-4-2-17(10-21(19)29-31(15)23)16-6-8-27-9-7-16/h2-6,10,12,15,27H,7-9,13-14H2,1H3/t15-/m1/s1. The molecule has 2 aliphatic heterocycles. The Labute approximate surface area is 184 Å². The molecule has 3 aromatic heterocycles. The first-order valence-corrected chi connectivity index (χ1v) is 10.9. The molecule has 0 fully saturated rings. The van der Waals surface area contributed by atoms with Crippen molar-refractivity contribution >= 4 is 27.7 Å². The molecule has 2 aliphatic rings. The number of pyridine rings is 1. The Morgan fingerprint density at radius 3 is 2.97 bits per heavy atom. The van der Waals surface area contributed by atoms with Gasteiger partial charge >= 0.3 is 0 Å². The summed E-state index contributed by atoms with van der Waals surface area (Å²) in [5.41, 5.74) is 6.10. The van der Waals surface area contributed by atoms with Gasteiger partial charge in [-0.2, -0.15) is 15.5 Å². The van der Waals surface area contributed by atoms with Crippen LogP contribution in [-0.4, -0.2) is 39.0 Å². The molecule has 5 heterocycles. The van der Waals surface area contributed by atoms with Crippen molar-refractivity contribution < 1.29 is 4.39 Å². The van der Waals surface area contributed by atoms with E-state index in [0.717, 1.165) is 41.8 Å². The van der Waals surface area contributed by atoms with Crippen LogP contribution in [0.15, 0.2) is 42.6 Å². The summed E-state index contributed by atoms with van der Waals surface area (Å²) in [6, 6.07) is 12.3. The molecule has 1 N–H and O–H groups in total. The van der Waals surface area contributed by atoms with Crippen LogP contribution in [0.1, 0.15) is 36.3 Å². The van der Waals surface area contributed by atoms with Crippen molar-refractivity contribution in [2.75, 3.05) is 24.5 Å². The summed E-state index contributed by atoms with van der Waals surface area (Å²) in [4.78, 5) is 2.16. The van der Waals surface area contributed by atoms with Crippen molar-refractivity contribution in [3.05, 3.63) is 65.4 Å². The maximum Gasteiger partial charge on any atom is 0.171 e. The van der Waals surface area contributed by atoms with E-state index in [1.807, 2.05) is 6.07 Å². The van der Waals surface area contributed by atoms with Crippen molar-refractivity contribution in [3.63, 3.8) is 0 Å². The maximum atomic E-state index is 14.6. The lowest BCUT2D eigenvalue weighted by molar-refractivity contribution is 0.430. The second-order valence-corrected chi connectivity index (χ2v) is 8.50. The van der Waals surface area contributed by atoms with Crippen LogP contribution in [0.4, 0.5) is 10.1 Å². The van der Waals surface area contributed by atoms with E-state index in [9.17, 15) is 9.65 Å². The van der Waals surface area contributed by atoms with Crippen LogP contribution in [-0.2, 0) is 6.54 Å². The van der Waals surface area contributed by atoms with Gasteiger partial charge in [-0.25, -0.2) is 8.91 Å². The summed E-state index contributed by atoms with van der Waals surface area (Å²) in [5, 5.41) is 22.8. The highest BCUT2D eigenvalue weighted by molar-refractivity contribution is 5.86. The molecular weight excluding hydrogens is 405 g/mol. The number of hydrogen-bond acceptors (Lipinski definition) is 5. The van der Waals surface area contributed by atoms with Crippen molar-refractivity contribution in [2.45, 2.75) is 25.9 Å². The number of benzene rings is 1. The Hall–Kier alpha value is -3.70. The van der Waals surface area contributed by atoms with Gasteiger partial charge in [-0.05, 0) is 49.2 Å². The van der Waals surface area contributed by atoms with Gasteiger partial charge in [-0.15, -0.1) is 0 Å². The molecule has 0 radical (unpaired) electrons. The van der Waals surface area contributed by atoms with Crippen molar-refractivity contribution in [3.8, 4) is 6.07 Å². The predicted octanol–water partition coefficient (Wildman–Crippen LogP) is 3.65. The average molecular weight is 427 g/mol. The van der Waals surface area contributed by atoms with Crippen LogP contribution in [0.2, 0.25) is 0 Å². The van der Waals surface area contributed by atoms with Gasteiger partial charge in [-0.3, -0.25) is 4.68 Å². The summed E-state index contributed by atoms with van der Waals surface area (Å²) in [7, 11) is 0. The number of nitriles is 1. The molecule has 0 aliphatic carbocycles. The first kappa shape index (κ1) is 19.0. The Morgan fingerprint density at radius 2 is 2.16 bits per heavy atom. The SMILES string of the molecule is C[C@@H]1CN(c2ccc(C#N)n3ncc(F)c23)Cc2c3ccc(C4=CCNCC4)cc3nn21. The van der Waals surface area contributed by atoms with Crippen LogP contribution in [0.3, 0.4) is 0 Å². The fraction of sp³-hybridized carbons (Fsp3) is 0.292. The van der Waals surface area contributed by atoms with Gasteiger partial charge in [0.25, 0.3) is 0 Å². The van der Waals surface area contributed by atoms with E-state index in [-0.39, 0.29) is 6.04 Å². The van der Waals surface area contributed by atoms with Crippen LogP contribution >= 0.6 is 0 Å². The van der Waals surface area contributed by atoms with E-state index in [1.165, 1.54) is 21.8 Å². The van der Waals surface area contributed by atoms with Gasteiger partial charge in [0.05, 0.1) is 35.7 Å². The number of anilines is 1. The highest BCUT2D eigenvalue weighted by Crippen LogP contribution is 2.35. The van der Waals surface area contributed by atoms with Gasteiger partial charge in [0.1, 0.15) is 17.3 Å². The summed E-state index contributed by atoms with van der Waals surface area (Å²) >= 11 is 0. The van der Waals surface area contributed by atoms with Crippen LogP contribution in [0.5, 0.6) is 0 Å². The molecule has 0 unspecified atom stereocenters. The topological polar surface area (TPSA) is 74.2 Å². The minimum atomic E-state index is -0.423. The van der Waals surface area contributed by atoms with Gasteiger partial charge in [0, 0.05) is 18.5 Å². The number of nitrogens with zero attached hydrogens (tertiary/aromatic N) is 6. The van der Waals surface area contributed by atoms with E-state index in [0.29, 0.717) is 24.3 Å². The molecule has 7 nitrogen and oxygen atoms in total. The molecule has 0 amide bonds. The lowest BCUT2D eigenvalue weighted by atomic mass is 9.99. The molecule has 0 saturated heterocycles. The number of hydrogen-bond donors (Lipinski definition) is 1. The molecule has 32 heavy (non-hydrogen) atoms. The molecule has 4 aromatic rings. The zero-order valence-corrected chi connectivity index (χ0v) is 17.7. The van der Waals surface area contributed by atoms with Gasteiger partial charge in [-0.1, -0.05) is 18.2 Å². The number of halogens is 1. The van der Waals surface area contributed by atoms with Crippen LogP contribution in [0.25, 0.3) is 22.0 Å². The maximum absolute atomic E-state index is 14.6. The highest BCUT2D eigenvalue weighted by Gasteiger charge is 2.28. The van der Waals surface area contributed by atoms with Crippen LogP contribution < -0.4 is 10.2 Å². The molecule has 1 aromatic carbocycles.